The van der Waals surface area contributed by atoms with Crippen molar-refractivity contribution in [3.63, 3.8) is 0 Å². The number of fused-ring (bicyclic) bond motifs is 6. The number of ether oxygens (including phenoxy) is 2. The number of hydrogen-bond donors (Lipinski definition) is 1. The minimum atomic E-state index is -0.276. The van der Waals surface area contributed by atoms with Crippen molar-refractivity contribution in [2.24, 2.45) is 0 Å². The second-order valence-corrected chi connectivity index (χ2v) is 12.7. The second kappa shape index (κ2) is 10.3. The topological polar surface area (TPSA) is 89.5 Å². The number of benzene rings is 2. The number of morpholine rings is 1. The number of rotatable bonds is 5. The molecule has 0 spiro atoms. The molecule has 2 aliphatic rings. The van der Waals surface area contributed by atoms with Gasteiger partial charge in [0, 0.05) is 41.5 Å². The standard InChI is InChI=1S/C30H29N5O3S2/c1-30(2)14-20-21(15-38-30)27(35-10-12-37-13-11-35)34-28-24(20)25-26(40-28)29(32-17-31-25)39-16-23(36)33-22-9-5-7-18-6-3-4-8-19(18)22/h3-9,17H,10-16H2,1-2H3,(H,33,36). The summed E-state index contributed by atoms with van der Waals surface area (Å²) in [5.74, 6) is 1.16. The quantitative estimate of drug-likeness (QED) is 0.209. The predicted octanol–water partition coefficient (Wildman–Crippen LogP) is 5.81. The van der Waals surface area contributed by atoms with E-state index in [9.17, 15) is 4.79 Å². The molecule has 2 aromatic carbocycles. The van der Waals surface area contributed by atoms with Crippen molar-refractivity contribution in [1.29, 1.82) is 0 Å². The number of aromatic nitrogens is 3. The number of nitrogens with zero attached hydrogens (tertiary/aromatic N) is 4. The normalized spacial score (nSPS) is 16.9. The van der Waals surface area contributed by atoms with Crippen LogP contribution in [0, 0.1) is 0 Å². The fourth-order valence-electron chi connectivity index (χ4n) is 5.56. The molecular weight excluding hydrogens is 542 g/mol. The van der Waals surface area contributed by atoms with Gasteiger partial charge in [0.2, 0.25) is 5.91 Å². The summed E-state index contributed by atoms with van der Waals surface area (Å²) in [5.41, 5.74) is 3.85. The molecule has 0 unspecified atom stereocenters. The summed E-state index contributed by atoms with van der Waals surface area (Å²) >= 11 is 3.04. The van der Waals surface area contributed by atoms with E-state index in [1.54, 1.807) is 17.7 Å². The van der Waals surface area contributed by atoms with Crippen LogP contribution in [0.1, 0.15) is 25.0 Å². The third-order valence-electron chi connectivity index (χ3n) is 7.49. The highest BCUT2D eigenvalue weighted by molar-refractivity contribution is 8.00. The van der Waals surface area contributed by atoms with Crippen LogP contribution in [0.4, 0.5) is 11.5 Å². The molecule has 1 saturated heterocycles. The second-order valence-electron chi connectivity index (χ2n) is 10.7. The first-order chi connectivity index (χ1) is 19.5. The number of hydrogen-bond acceptors (Lipinski definition) is 9. The van der Waals surface area contributed by atoms with Gasteiger partial charge in [0.25, 0.3) is 0 Å². The summed E-state index contributed by atoms with van der Waals surface area (Å²) in [4.78, 5) is 30.8. The smallest absolute Gasteiger partial charge is 0.234 e. The zero-order valence-electron chi connectivity index (χ0n) is 22.4. The Balaban J connectivity index is 1.23. The van der Waals surface area contributed by atoms with Crippen molar-refractivity contribution in [3.05, 3.63) is 59.9 Å². The Morgan fingerprint density at radius 3 is 2.80 bits per heavy atom. The Morgan fingerprint density at radius 2 is 1.93 bits per heavy atom. The average Bonchev–Trinajstić information content (AvgIpc) is 3.35. The molecule has 10 heteroatoms. The molecule has 0 bridgehead atoms. The Kier molecular flexibility index (Phi) is 6.58. The van der Waals surface area contributed by atoms with E-state index in [0.717, 1.165) is 72.8 Å². The molecule has 2 aliphatic heterocycles. The van der Waals surface area contributed by atoms with Crippen molar-refractivity contribution >= 4 is 71.7 Å². The van der Waals surface area contributed by atoms with Gasteiger partial charge in [-0.15, -0.1) is 11.3 Å². The molecule has 1 amide bonds. The zero-order valence-corrected chi connectivity index (χ0v) is 24.0. The van der Waals surface area contributed by atoms with E-state index in [1.807, 2.05) is 42.5 Å². The third-order valence-corrected chi connectivity index (χ3v) is 9.69. The van der Waals surface area contributed by atoms with Gasteiger partial charge >= 0.3 is 0 Å². The van der Waals surface area contributed by atoms with E-state index in [2.05, 4.69) is 29.0 Å². The summed E-state index contributed by atoms with van der Waals surface area (Å²) in [6.45, 7) is 7.81. The predicted molar refractivity (Wildman–Crippen MR) is 162 cm³/mol. The van der Waals surface area contributed by atoms with E-state index in [4.69, 9.17) is 19.4 Å². The molecule has 0 atom stereocenters. The van der Waals surface area contributed by atoms with Gasteiger partial charge in [0.15, 0.2) is 0 Å². The lowest BCUT2D eigenvalue weighted by atomic mass is 9.90. The largest absolute Gasteiger partial charge is 0.378 e. The Hall–Kier alpha value is -3.31. The van der Waals surface area contributed by atoms with Gasteiger partial charge in [-0.3, -0.25) is 4.79 Å². The Morgan fingerprint density at radius 1 is 1.10 bits per heavy atom. The lowest BCUT2D eigenvalue weighted by molar-refractivity contribution is -0.113. The van der Waals surface area contributed by atoms with Crippen LogP contribution >= 0.6 is 23.1 Å². The van der Waals surface area contributed by atoms with Gasteiger partial charge in [-0.2, -0.15) is 0 Å². The Bertz CT molecular complexity index is 1760. The molecule has 0 saturated carbocycles. The SMILES string of the molecule is CC1(C)Cc2c(c(N3CCOCC3)nc3sc4c(SCC(=O)Nc5cccc6ccccc56)ncnc4c23)CO1. The van der Waals surface area contributed by atoms with Crippen molar-refractivity contribution in [2.75, 3.05) is 42.3 Å². The highest BCUT2D eigenvalue weighted by Crippen LogP contribution is 2.44. The van der Waals surface area contributed by atoms with E-state index in [1.165, 1.54) is 17.3 Å². The maximum absolute atomic E-state index is 13.0. The van der Waals surface area contributed by atoms with Crippen LogP contribution in [0.15, 0.2) is 53.8 Å². The van der Waals surface area contributed by atoms with Gasteiger partial charge in [-0.05, 0) is 30.9 Å². The highest BCUT2D eigenvalue weighted by Gasteiger charge is 2.33. The van der Waals surface area contributed by atoms with Crippen molar-refractivity contribution in [3.8, 4) is 0 Å². The van der Waals surface area contributed by atoms with Gasteiger partial charge in [-0.25, -0.2) is 15.0 Å². The van der Waals surface area contributed by atoms with Gasteiger partial charge in [0.1, 0.15) is 22.0 Å². The minimum Gasteiger partial charge on any atom is -0.378 e. The van der Waals surface area contributed by atoms with E-state index in [0.29, 0.717) is 19.8 Å². The van der Waals surface area contributed by atoms with Crippen LogP contribution in [-0.2, 0) is 27.3 Å². The molecule has 0 aliphatic carbocycles. The van der Waals surface area contributed by atoms with E-state index >= 15 is 0 Å². The molecule has 0 radical (unpaired) electrons. The van der Waals surface area contributed by atoms with Crippen molar-refractivity contribution in [2.45, 2.75) is 37.5 Å². The van der Waals surface area contributed by atoms with Crippen LogP contribution in [0.5, 0.6) is 0 Å². The highest BCUT2D eigenvalue weighted by atomic mass is 32.2. The fourth-order valence-corrected chi connectivity index (χ4v) is 7.59. The monoisotopic (exact) mass is 571 g/mol. The molecule has 8 nitrogen and oxygen atoms in total. The van der Waals surface area contributed by atoms with Crippen molar-refractivity contribution in [1.82, 2.24) is 15.0 Å². The third kappa shape index (κ3) is 4.68. The number of nitrogens with one attached hydrogen (secondary N) is 1. The summed E-state index contributed by atoms with van der Waals surface area (Å²) in [6.07, 6.45) is 2.39. The van der Waals surface area contributed by atoms with Crippen LogP contribution in [-0.4, -0.2) is 58.5 Å². The summed E-state index contributed by atoms with van der Waals surface area (Å²) in [6, 6.07) is 14.0. The summed E-state index contributed by atoms with van der Waals surface area (Å²) in [7, 11) is 0. The molecule has 5 aromatic rings. The molecule has 1 N–H and O–H groups in total. The van der Waals surface area contributed by atoms with Crippen LogP contribution in [0.25, 0.3) is 31.2 Å². The first kappa shape index (κ1) is 25.6. The van der Waals surface area contributed by atoms with Crippen LogP contribution in [0.2, 0.25) is 0 Å². The first-order valence-electron chi connectivity index (χ1n) is 13.4. The number of carbonyl (C=O) groups is 1. The minimum absolute atomic E-state index is 0.0711. The van der Waals surface area contributed by atoms with Crippen LogP contribution in [0.3, 0.4) is 0 Å². The first-order valence-corrected chi connectivity index (χ1v) is 15.2. The molecule has 3 aromatic heterocycles. The molecule has 204 valence electrons. The average molecular weight is 572 g/mol. The van der Waals surface area contributed by atoms with Gasteiger partial charge < -0.3 is 19.7 Å². The maximum Gasteiger partial charge on any atom is 0.234 e. The number of thioether (sulfide) groups is 1. The van der Waals surface area contributed by atoms with Crippen LogP contribution < -0.4 is 10.2 Å². The summed E-state index contributed by atoms with van der Waals surface area (Å²) in [5, 5.41) is 7.09. The number of carbonyl (C=O) groups excluding carboxylic acids is 1. The number of thiophene rings is 1. The maximum atomic E-state index is 13.0. The van der Waals surface area contributed by atoms with E-state index in [-0.39, 0.29) is 17.3 Å². The number of pyridine rings is 1. The summed E-state index contributed by atoms with van der Waals surface area (Å²) < 4.78 is 12.8. The molecule has 7 rings (SSSR count). The molecular formula is C30H29N5O3S2. The molecule has 40 heavy (non-hydrogen) atoms. The number of amides is 1. The number of anilines is 2. The van der Waals surface area contributed by atoms with E-state index < -0.39 is 0 Å². The molecule has 1 fully saturated rings. The lowest BCUT2D eigenvalue weighted by Gasteiger charge is -2.36. The van der Waals surface area contributed by atoms with Gasteiger partial charge in [0.05, 0.1) is 41.4 Å². The zero-order chi connectivity index (χ0) is 27.3. The fraction of sp³-hybridized carbons (Fsp3) is 0.333. The Labute approximate surface area is 240 Å². The van der Waals surface area contributed by atoms with Gasteiger partial charge in [-0.1, -0.05) is 48.2 Å². The van der Waals surface area contributed by atoms with Crippen molar-refractivity contribution < 1.29 is 14.3 Å². The molecule has 5 heterocycles. The lowest BCUT2D eigenvalue weighted by Crippen LogP contribution is -2.39.